The molecule has 16 heavy (non-hydrogen) atoms. The molecule has 0 aromatic heterocycles. The summed E-state index contributed by atoms with van der Waals surface area (Å²) in [6.45, 7) is 5.11. The molecule has 2 rings (SSSR count). The maximum absolute atomic E-state index is 12.0. The van der Waals surface area contributed by atoms with Gasteiger partial charge in [-0.05, 0) is 30.6 Å². The van der Waals surface area contributed by atoms with Crippen molar-refractivity contribution in [1.82, 2.24) is 5.32 Å². The van der Waals surface area contributed by atoms with E-state index in [4.69, 9.17) is 0 Å². The van der Waals surface area contributed by atoms with Gasteiger partial charge in [0.05, 0.1) is 0 Å². The highest BCUT2D eigenvalue weighted by molar-refractivity contribution is 9.09. The van der Waals surface area contributed by atoms with Crippen LogP contribution in [0.25, 0.3) is 0 Å². The number of fused-ring (bicyclic) bond motifs is 1. The first kappa shape index (κ1) is 12.4. The van der Waals surface area contributed by atoms with E-state index in [1.165, 1.54) is 25.7 Å². The van der Waals surface area contributed by atoms with Gasteiger partial charge in [-0.2, -0.15) is 0 Å². The molecule has 1 amide bonds. The summed E-state index contributed by atoms with van der Waals surface area (Å²) in [5, 5.41) is 3.10. The van der Waals surface area contributed by atoms with Crippen molar-refractivity contribution in [1.29, 1.82) is 0 Å². The van der Waals surface area contributed by atoms with Gasteiger partial charge in [0.15, 0.2) is 0 Å². The van der Waals surface area contributed by atoms with Crippen LogP contribution in [0.1, 0.15) is 39.5 Å². The van der Waals surface area contributed by atoms with Crippen LogP contribution in [0.2, 0.25) is 0 Å². The maximum atomic E-state index is 12.0. The zero-order chi connectivity index (χ0) is 11.7. The minimum absolute atomic E-state index is 0.307. The average Bonchev–Trinajstić information content (AvgIpc) is 2.99. The third-order valence-corrected chi connectivity index (χ3v) is 5.54. The molecule has 0 bridgehead atoms. The molecule has 92 valence electrons. The highest BCUT2D eigenvalue weighted by atomic mass is 79.9. The third-order valence-electron chi connectivity index (χ3n) is 4.15. The molecule has 0 radical (unpaired) electrons. The summed E-state index contributed by atoms with van der Waals surface area (Å²) in [6.07, 6.45) is 5.23. The number of hydrogen-bond acceptors (Lipinski definition) is 1. The SMILES string of the molecule is CC(C)C(Br)CNC(=O)C1C2CCCCC21. The molecule has 3 heteroatoms. The molecule has 2 aliphatic carbocycles. The Labute approximate surface area is 107 Å². The minimum Gasteiger partial charge on any atom is -0.355 e. The predicted molar refractivity (Wildman–Crippen MR) is 69.5 cm³/mol. The fourth-order valence-electron chi connectivity index (χ4n) is 2.93. The molecule has 0 saturated heterocycles. The number of alkyl halides is 1. The standard InChI is InChI=1S/C13H22BrNO/c1-8(2)11(14)7-15-13(16)12-9-5-3-4-6-10(9)12/h8-12H,3-7H2,1-2H3,(H,15,16). The Morgan fingerprint density at radius 1 is 1.31 bits per heavy atom. The van der Waals surface area contributed by atoms with Crippen LogP contribution in [-0.4, -0.2) is 17.3 Å². The van der Waals surface area contributed by atoms with Crippen molar-refractivity contribution in [3.8, 4) is 0 Å². The third kappa shape index (κ3) is 2.61. The first-order chi connectivity index (χ1) is 7.61. The van der Waals surface area contributed by atoms with Crippen molar-refractivity contribution < 1.29 is 4.79 Å². The monoisotopic (exact) mass is 287 g/mol. The molecule has 2 fully saturated rings. The molecule has 0 spiro atoms. The lowest BCUT2D eigenvalue weighted by molar-refractivity contribution is -0.122. The molecule has 2 aliphatic rings. The Hall–Kier alpha value is -0.0500. The highest BCUT2D eigenvalue weighted by Gasteiger charge is 2.54. The first-order valence-corrected chi connectivity index (χ1v) is 7.44. The lowest BCUT2D eigenvalue weighted by atomic mass is 10.0. The largest absolute Gasteiger partial charge is 0.355 e. The Bertz CT molecular complexity index is 255. The van der Waals surface area contributed by atoms with E-state index in [0.717, 1.165) is 18.4 Å². The Balaban J connectivity index is 1.73. The van der Waals surface area contributed by atoms with Crippen LogP contribution in [0.5, 0.6) is 0 Å². The van der Waals surface area contributed by atoms with Gasteiger partial charge in [-0.25, -0.2) is 0 Å². The van der Waals surface area contributed by atoms with Gasteiger partial charge in [-0.15, -0.1) is 0 Å². The molecular weight excluding hydrogens is 266 g/mol. The summed E-state index contributed by atoms with van der Waals surface area (Å²) in [5.74, 6) is 2.68. The summed E-state index contributed by atoms with van der Waals surface area (Å²) in [5.41, 5.74) is 0. The smallest absolute Gasteiger partial charge is 0.223 e. The number of halogens is 1. The molecule has 0 aliphatic heterocycles. The molecule has 0 heterocycles. The van der Waals surface area contributed by atoms with Gasteiger partial charge >= 0.3 is 0 Å². The van der Waals surface area contributed by atoms with Crippen molar-refractivity contribution >= 4 is 21.8 Å². The fraction of sp³-hybridized carbons (Fsp3) is 0.923. The van der Waals surface area contributed by atoms with Crippen LogP contribution in [0.3, 0.4) is 0 Å². The number of nitrogens with one attached hydrogen (secondary N) is 1. The highest BCUT2D eigenvalue weighted by Crippen LogP contribution is 2.55. The lowest BCUT2D eigenvalue weighted by Crippen LogP contribution is -2.33. The van der Waals surface area contributed by atoms with Crippen molar-refractivity contribution in [3.63, 3.8) is 0 Å². The molecule has 2 saturated carbocycles. The van der Waals surface area contributed by atoms with E-state index in [2.05, 4.69) is 35.1 Å². The van der Waals surface area contributed by atoms with E-state index in [1.807, 2.05) is 0 Å². The van der Waals surface area contributed by atoms with Gasteiger partial charge < -0.3 is 5.32 Å². The van der Waals surface area contributed by atoms with Crippen LogP contribution < -0.4 is 5.32 Å². The maximum Gasteiger partial charge on any atom is 0.223 e. The molecular formula is C13H22BrNO. The predicted octanol–water partition coefficient (Wildman–Crippen LogP) is 2.96. The number of amides is 1. The second kappa shape index (κ2) is 5.07. The summed E-state index contributed by atoms with van der Waals surface area (Å²) < 4.78 is 0. The van der Waals surface area contributed by atoms with E-state index < -0.39 is 0 Å². The van der Waals surface area contributed by atoms with E-state index >= 15 is 0 Å². The van der Waals surface area contributed by atoms with E-state index in [9.17, 15) is 4.79 Å². The summed E-state index contributed by atoms with van der Waals surface area (Å²) in [7, 11) is 0. The fourth-order valence-corrected chi connectivity index (χ4v) is 3.09. The minimum atomic E-state index is 0.307. The number of carbonyl (C=O) groups is 1. The van der Waals surface area contributed by atoms with Crippen molar-refractivity contribution in [2.45, 2.75) is 44.4 Å². The average molecular weight is 288 g/mol. The van der Waals surface area contributed by atoms with Gasteiger partial charge in [0.1, 0.15) is 0 Å². The normalized spacial score (nSPS) is 34.4. The molecule has 3 atom stereocenters. The number of hydrogen-bond donors (Lipinski definition) is 1. The second-order valence-electron chi connectivity index (χ2n) is 5.64. The van der Waals surface area contributed by atoms with Gasteiger partial charge in [0.25, 0.3) is 0 Å². The Kier molecular flexibility index (Phi) is 3.93. The summed E-state index contributed by atoms with van der Waals surface area (Å²) >= 11 is 3.60. The van der Waals surface area contributed by atoms with Gasteiger partial charge in [0, 0.05) is 17.3 Å². The van der Waals surface area contributed by atoms with Crippen molar-refractivity contribution in [2.75, 3.05) is 6.54 Å². The topological polar surface area (TPSA) is 29.1 Å². The zero-order valence-corrected chi connectivity index (χ0v) is 11.8. The summed E-state index contributed by atoms with van der Waals surface area (Å²) in [4.78, 5) is 12.4. The molecule has 0 aromatic carbocycles. The zero-order valence-electron chi connectivity index (χ0n) is 10.2. The van der Waals surface area contributed by atoms with Crippen LogP contribution in [0.15, 0.2) is 0 Å². The van der Waals surface area contributed by atoms with Crippen LogP contribution in [0.4, 0.5) is 0 Å². The van der Waals surface area contributed by atoms with E-state index in [0.29, 0.717) is 22.6 Å². The van der Waals surface area contributed by atoms with Gasteiger partial charge in [0.2, 0.25) is 5.91 Å². The number of carbonyl (C=O) groups excluding carboxylic acids is 1. The molecule has 0 aromatic rings. The van der Waals surface area contributed by atoms with Crippen molar-refractivity contribution in [3.05, 3.63) is 0 Å². The van der Waals surface area contributed by atoms with Crippen LogP contribution in [-0.2, 0) is 4.79 Å². The quantitative estimate of drug-likeness (QED) is 0.792. The van der Waals surface area contributed by atoms with E-state index in [1.54, 1.807) is 0 Å². The number of rotatable bonds is 4. The van der Waals surface area contributed by atoms with E-state index in [-0.39, 0.29) is 0 Å². The Morgan fingerprint density at radius 2 is 1.88 bits per heavy atom. The van der Waals surface area contributed by atoms with Crippen molar-refractivity contribution in [2.24, 2.45) is 23.7 Å². The lowest BCUT2D eigenvalue weighted by Gasteiger charge is -2.14. The van der Waals surface area contributed by atoms with Crippen LogP contribution in [0, 0.1) is 23.7 Å². The first-order valence-electron chi connectivity index (χ1n) is 6.53. The van der Waals surface area contributed by atoms with Crippen LogP contribution >= 0.6 is 15.9 Å². The molecule has 2 nitrogen and oxygen atoms in total. The molecule has 1 N–H and O–H groups in total. The summed E-state index contributed by atoms with van der Waals surface area (Å²) in [6, 6.07) is 0. The Morgan fingerprint density at radius 3 is 2.38 bits per heavy atom. The molecule has 3 unspecified atom stereocenters. The van der Waals surface area contributed by atoms with Gasteiger partial charge in [-0.1, -0.05) is 42.6 Å². The van der Waals surface area contributed by atoms with Gasteiger partial charge in [-0.3, -0.25) is 4.79 Å². The second-order valence-corrected chi connectivity index (χ2v) is 6.82.